The first-order chi connectivity index (χ1) is 26.2. The second kappa shape index (κ2) is 14.0. The molecule has 2 fully saturated rings. The van der Waals surface area contributed by atoms with Gasteiger partial charge in [-0.15, -0.1) is 5.10 Å². The van der Waals surface area contributed by atoms with Gasteiger partial charge in [0.05, 0.1) is 39.3 Å². The molecule has 3 aromatic heterocycles. The highest BCUT2D eigenvalue weighted by Gasteiger charge is 2.50. The quantitative estimate of drug-likeness (QED) is 0.202. The first-order valence-electron chi connectivity index (χ1n) is 18.0. The van der Waals surface area contributed by atoms with Gasteiger partial charge in [-0.05, 0) is 94.9 Å². The standard InChI is InChI=1S/C38H38Cl2FN9O5/c1-19-33(52)31(43-18-42-19)36(54)48-11-9-38(10-12-48)30-32(20(2)55-38)49(17-29(51)44-28-8-7-22(13-26(28)40)21-5-6-21)37-45-34(46-50(37)35(30)53)24-15-25(39)23(14-27(24)41)16-47(3)4/h7-8,13-15,18,20-21,52H,5-6,9-12,16-17H2,1-4H3,(H,44,51). The van der Waals surface area contributed by atoms with Crippen LogP contribution in [0.25, 0.3) is 17.2 Å². The summed E-state index contributed by atoms with van der Waals surface area (Å²) in [5.41, 5.74) is 1.28. The highest BCUT2D eigenvalue weighted by molar-refractivity contribution is 6.33. The van der Waals surface area contributed by atoms with Crippen LogP contribution in [-0.2, 0) is 28.2 Å². The Morgan fingerprint density at radius 2 is 1.85 bits per heavy atom. The number of hydrogen-bond donors (Lipinski definition) is 2. The summed E-state index contributed by atoms with van der Waals surface area (Å²) in [5.74, 6) is -1.45. The molecule has 2 amide bonds. The number of ether oxygens (including phenoxy) is 1. The number of halogens is 3. The van der Waals surface area contributed by atoms with E-state index in [1.807, 2.05) is 31.1 Å². The number of aromatic hydroxyl groups is 1. The zero-order valence-corrected chi connectivity index (χ0v) is 32.1. The Balaban J connectivity index is 1.19. The SMILES string of the molecule is Cc1ncnc(C(=O)N2CCC3(CC2)OC(C)c2c3c(=O)n3nc(-c4cc(Cl)c(CN(C)C)cc4F)nc3n2CC(=O)Nc2ccc(C3CC3)cc2Cl)c1O. The lowest BCUT2D eigenvalue weighted by molar-refractivity contribution is -0.116. The van der Waals surface area contributed by atoms with Crippen LogP contribution in [0.2, 0.25) is 10.0 Å². The van der Waals surface area contributed by atoms with Crippen LogP contribution in [0.4, 0.5) is 10.1 Å². The number of likely N-dealkylation sites (tertiary alicyclic amines) is 1. The number of aromatic nitrogens is 6. The molecule has 2 N–H and O–H groups in total. The van der Waals surface area contributed by atoms with Crippen molar-refractivity contribution in [3.8, 4) is 17.1 Å². The van der Waals surface area contributed by atoms with Gasteiger partial charge in [0.25, 0.3) is 11.5 Å². The van der Waals surface area contributed by atoms with Crippen LogP contribution in [0.3, 0.4) is 0 Å². The molecule has 3 aliphatic rings. The van der Waals surface area contributed by atoms with Gasteiger partial charge < -0.3 is 29.5 Å². The van der Waals surface area contributed by atoms with E-state index in [-0.39, 0.29) is 72.3 Å². The van der Waals surface area contributed by atoms with Crippen molar-refractivity contribution in [2.24, 2.45) is 0 Å². The van der Waals surface area contributed by atoms with Crippen LogP contribution >= 0.6 is 23.2 Å². The lowest BCUT2D eigenvalue weighted by atomic mass is 9.85. The van der Waals surface area contributed by atoms with Crippen molar-refractivity contribution in [2.75, 3.05) is 32.5 Å². The number of benzene rings is 2. The fourth-order valence-electron chi connectivity index (χ4n) is 7.72. The first-order valence-corrected chi connectivity index (χ1v) is 18.7. The molecule has 8 rings (SSSR count). The van der Waals surface area contributed by atoms with E-state index in [2.05, 4.69) is 25.4 Å². The molecule has 14 nitrogen and oxygen atoms in total. The number of carbonyl (C=O) groups is 2. The number of carbonyl (C=O) groups excluding carboxylic acids is 2. The van der Waals surface area contributed by atoms with Crippen molar-refractivity contribution >= 4 is 46.5 Å². The average Bonchev–Trinajstić information content (AvgIpc) is 3.83. The van der Waals surface area contributed by atoms with Crippen molar-refractivity contribution in [1.29, 1.82) is 0 Å². The maximum Gasteiger partial charge on any atom is 0.282 e. The van der Waals surface area contributed by atoms with Gasteiger partial charge in [-0.2, -0.15) is 9.50 Å². The Bertz CT molecular complexity index is 2460. The van der Waals surface area contributed by atoms with E-state index in [1.165, 1.54) is 18.5 Å². The van der Waals surface area contributed by atoms with E-state index in [0.29, 0.717) is 39.5 Å². The second-order valence-corrected chi connectivity index (χ2v) is 15.5. The summed E-state index contributed by atoms with van der Waals surface area (Å²) in [6, 6.07) is 8.35. The lowest BCUT2D eigenvalue weighted by Gasteiger charge is -2.39. The van der Waals surface area contributed by atoms with Crippen molar-refractivity contribution in [2.45, 2.75) is 70.2 Å². The minimum atomic E-state index is -1.16. The van der Waals surface area contributed by atoms with E-state index in [0.717, 1.165) is 22.9 Å². The Kier molecular flexibility index (Phi) is 9.39. The van der Waals surface area contributed by atoms with Gasteiger partial charge in [-0.3, -0.25) is 14.4 Å². The fraction of sp³-hybridized carbons (Fsp3) is 0.395. The van der Waals surface area contributed by atoms with Gasteiger partial charge in [0, 0.05) is 24.7 Å². The van der Waals surface area contributed by atoms with Gasteiger partial charge in [-0.1, -0.05) is 29.3 Å². The molecule has 0 bridgehead atoms. The van der Waals surface area contributed by atoms with Gasteiger partial charge >= 0.3 is 0 Å². The maximum atomic E-state index is 15.7. The highest BCUT2D eigenvalue weighted by Crippen LogP contribution is 2.48. The second-order valence-electron chi connectivity index (χ2n) is 14.7. The third-order valence-corrected chi connectivity index (χ3v) is 11.2. The number of anilines is 1. The number of piperidine rings is 1. The van der Waals surface area contributed by atoms with E-state index >= 15 is 4.39 Å². The van der Waals surface area contributed by atoms with E-state index < -0.39 is 34.9 Å². The molecule has 2 aliphatic heterocycles. The summed E-state index contributed by atoms with van der Waals surface area (Å²) < 4.78 is 25.0. The van der Waals surface area contributed by atoms with Crippen LogP contribution < -0.4 is 10.9 Å². The summed E-state index contributed by atoms with van der Waals surface area (Å²) in [6.07, 6.45) is 3.18. The molecule has 5 heterocycles. The van der Waals surface area contributed by atoms with Crippen molar-refractivity contribution in [1.82, 2.24) is 38.9 Å². The summed E-state index contributed by atoms with van der Waals surface area (Å²) in [7, 11) is 3.69. The van der Waals surface area contributed by atoms with Crippen LogP contribution in [0.5, 0.6) is 5.75 Å². The Morgan fingerprint density at radius 3 is 2.55 bits per heavy atom. The number of nitrogens with one attached hydrogen (secondary N) is 1. The zero-order chi connectivity index (χ0) is 38.9. The molecular formula is C38H38Cl2FN9O5. The van der Waals surface area contributed by atoms with Gasteiger partial charge in [0.1, 0.15) is 24.3 Å². The molecule has 1 atom stereocenters. The topological polar surface area (TPSA) is 160 Å². The average molecular weight is 791 g/mol. The minimum Gasteiger partial charge on any atom is -0.504 e. The monoisotopic (exact) mass is 789 g/mol. The van der Waals surface area contributed by atoms with Crippen LogP contribution in [-0.4, -0.2) is 83.0 Å². The summed E-state index contributed by atoms with van der Waals surface area (Å²) in [4.78, 5) is 57.9. The summed E-state index contributed by atoms with van der Waals surface area (Å²) >= 11 is 13.2. The van der Waals surface area contributed by atoms with Gasteiger partial charge in [0.15, 0.2) is 17.3 Å². The van der Waals surface area contributed by atoms with Crippen LogP contribution in [0.1, 0.15) is 83.2 Å². The molecule has 1 spiro atoms. The van der Waals surface area contributed by atoms with Crippen LogP contribution in [0, 0.1) is 12.7 Å². The molecular weight excluding hydrogens is 752 g/mol. The number of nitrogens with zero attached hydrogens (tertiary/aromatic N) is 8. The molecule has 1 saturated carbocycles. The highest BCUT2D eigenvalue weighted by atomic mass is 35.5. The summed E-state index contributed by atoms with van der Waals surface area (Å²) in [6.45, 7) is 3.80. The predicted octanol–water partition coefficient (Wildman–Crippen LogP) is 5.61. The molecule has 0 radical (unpaired) electrons. The largest absolute Gasteiger partial charge is 0.504 e. The summed E-state index contributed by atoms with van der Waals surface area (Å²) in [5, 5.41) is 18.6. The third-order valence-electron chi connectivity index (χ3n) is 10.6. The van der Waals surface area contributed by atoms with Crippen molar-refractivity contribution in [3.05, 3.63) is 96.6 Å². The molecule has 1 saturated heterocycles. The van der Waals surface area contributed by atoms with E-state index in [9.17, 15) is 19.5 Å². The molecule has 1 unspecified atom stereocenters. The number of hydrogen-bond acceptors (Lipinski definition) is 10. The fourth-order valence-corrected chi connectivity index (χ4v) is 8.18. The Labute approximate surface area is 324 Å². The van der Waals surface area contributed by atoms with Crippen molar-refractivity contribution in [3.63, 3.8) is 0 Å². The molecule has 55 heavy (non-hydrogen) atoms. The Morgan fingerprint density at radius 1 is 1.11 bits per heavy atom. The Hall–Kier alpha value is -4.96. The minimum absolute atomic E-state index is 0.00619. The maximum absolute atomic E-state index is 15.7. The van der Waals surface area contributed by atoms with E-state index in [1.54, 1.807) is 29.4 Å². The smallest absolute Gasteiger partial charge is 0.282 e. The van der Waals surface area contributed by atoms with E-state index in [4.69, 9.17) is 27.9 Å². The van der Waals surface area contributed by atoms with Crippen LogP contribution in [0.15, 0.2) is 41.5 Å². The molecule has 17 heteroatoms. The number of rotatable bonds is 8. The number of fused-ring (bicyclic) bond motifs is 3. The predicted molar refractivity (Wildman–Crippen MR) is 202 cm³/mol. The first kappa shape index (κ1) is 37.0. The third kappa shape index (κ3) is 6.62. The molecule has 1 aliphatic carbocycles. The zero-order valence-electron chi connectivity index (χ0n) is 30.6. The number of amides is 2. The molecule has 5 aromatic rings. The molecule has 2 aromatic carbocycles. The molecule has 286 valence electrons. The number of aryl methyl sites for hydroxylation is 1. The lowest BCUT2D eigenvalue weighted by Crippen LogP contribution is -2.47. The van der Waals surface area contributed by atoms with Gasteiger partial charge in [0.2, 0.25) is 11.7 Å². The van der Waals surface area contributed by atoms with Gasteiger partial charge in [-0.25, -0.2) is 14.4 Å². The van der Waals surface area contributed by atoms with Crippen molar-refractivity contribution < 1.29 is 23.8 Å². The normalized spacial score (nSPS) is 17.7.